The Balaban J connectivity index is 1.90. The molecule has 26 heavy (non-hydrogen) atoms. The summed E-state index contributed by atoms with van der Waals surface area (Å²) in [6, 6.07) is 5.70. The molecule has 0 radical (unpaired) electrons. The van der Waals surface area contributed by atoms with Gasteiger partial charge < -0.3 is 19.9 Å². The van der Waals surface area contributed by atoms with Crippen LogP contribution in [0.25, 0.3) is 10.9 Å². The predicted molar refractivity (Wildman–Crippen MR) is 101 cm³/mol. The maximum Gasteiger partial charge on any atom is 0.222 e. The van der Waals surface area contributed by atoms with Gasteiger partial charge in [-0.2, -0.15) is 0 Å². The summed E-state index contributed by atoms with van der Waals surface area (Å²) in [5.41, 5.74) is 8.20. The van der Waals surface area contributed by atoms with E-state index in [0.29, 0.717) is 0 Å². The number of benzene rings is 1. The highest BCUT2D eigenvalue weighted by atomic mass is 16.5. The van der Waals surface area contributed by atoms with E-state index in [2.05, 4.69) is 4.57 Å². The normalized spacial score (nSPS) is 21.5. The highest BCUT2D eigenvalue weighted by Gasteiger charge is 2.34. The number of fused-ring (bicyclic) bond motifs is 1. The third kappa shape index (κ3) is 3.09. The second-order valence-corrected chi connectivity index (χ2v) is 7.32. The number of Topliss-reactive ketones (excluding diaryl/α,β-unsaturated/α-hetero) is 1. The number of nitrogens with two attached hydrogens (primary N) is 1. The van der Waals surface area contributed by atoms with Gasteiger partial charge in [-0.05, 0) is 32.0 Å². The predicted octanol–water partition coefficient (Wildman–Crippen LogP) is 0.847. The Kier molecular flexibility index (Phi) is 5.05. The summed E-state index contributed by atoms with van der Waals surface area (Å²) in [6.45, 7) is 5.57. The lowest BCUT2D eigenvalue weighted by molar-refractivity contribution is -0.919. The lowest BCUT2D eigenvalue weighted by Crippen LogP contribution is -3.17. The number of likely N-dealkylation sites (tertiary alicyclic amines) is 1. The number of carbonyl (C=O) groups is 2. The van der Waals surface area contributed by atoms with Gasteiger partial charge in [0.1, 0.15) is 11.8 Å². The molecule has 3 N–H and O–H groups in total. The molecule has 1 fully saturated rings. The molecule has 1 aromatic heterocycles. The number of rotatable bonds is 5. The van der Waals surface area contributed by atoms with Crippen molar-refractivity contribution in [3.8, 4) is 5.75 Å². The molecule has 1 saturated heterocycles. The van der Waals surface area contributed by atoms with Gasteiger partial charge in [0.05, 0.1) is 25.8 Å². The summed E-state index contributed by atoms with van der Waals surface area (Å²) in [7, 11) is 3.62. The van der Waals surface area contributed by atoms with Crippen LogP contribution in [-0.2, 0) is 11.8 Å². The van der Waals surface area contributed by atoms with Crippen LogP contribution in [0.15, 0.2) is 18.2 Å². The fourth-order valence-corrected chi connectivity index (χ4v) is 4.10. The van der Waals surface area contributed by atoms with Crippen molar-refractivity contribution in [1.82, 2.24) is 4.57 Å². The van der Waals surface area contributed by atoms with E-state index in [9.17, 15) is 9.59 Å². The fourth-order valence-electron chi connectivity index (χ4n) is 4.10. The molecule has 1 aliphatic rings. The minimum absolute atomic E-state index is 0.0513. The number of quaternary nitrogens is 1. The van der Waals surface area contributed by atoms with Crippen LogP contribution in [0, 0.1) is 12.8 Å². The number of hydrogen-bond acceptors (Lipinski definition) is 3. The molecule has 1 atom stereocenters. The summed E-state index contributed by atoms with van der Waals surface area (Å²) in [4.78, 5) is 25.9. The average Bonchev–Trinajstić information content (AvgIpc) is 2.90. The number of hydrogen-bond donors (Lipinski definition) is 2. The van der Waals surface area contributed by atoms with Crippen molar-refractivity contribution < 1.29 is 19.2 Å². The van der Waals surface area contributed by atoms with Gasteiger partial charge in [-0.15, -0.1) is 0 Å². The Bertz CT molecular complexity index is 848. The summed E-state index contributed by atoms with van der Waals surface area (Å²) in [6.07, 6.45) is 1.51. The molecule has 1 aliphatic heterocycles. The number of ketones is 1. The monoisotopic (exact) mass is 358 g/mol. The van der Waals surface area contributed by atoms with Crippen LogP contribution in [0.1, 0.15) is 35.8 Å². The van der Waals surface area contributed by atoms with E-state index >= 15 is 0 Å². The number of primary amides is 1. The quantitative estimate of drug-likeness (QED) is 0.778. The molecule has 140 valence electrons. The van der Waals surface area contributed by atoms with Gasteiger partial charge in [0.2, 0.25) is 11.7 Å². The molecule has 6 nitrogen and oxygen atoms in total. The Labute approximate surface area is 153 Å². The van der Waals surface area contributed by atoms with Crippen LogP contribution in [-0.4, -0.2) is 42.5 Å². The first kappa shape index (κ1) is 18.5. The van der Waals surface area contributed by atoms with Crippen LogP contribution in [0.4, 0.5) is 0 Å². The molecule has 0 bridgehead atoms. The molecule has 2 heterocycles. The van der Waals surface area contributed by atoms with Gasteiger partial charge in [0.25, 0.3) is 0 Å². The van der Waals surface area contributed by atoms with E-state index in [1.807, 2.05) is 39.1 Å². The number of aryl methyl sites for hydroxylation is 1. The molecule has 0 saturated carbocycles. The highest BCUT2D eigenvalue weighted by molar-refractivity contribution is 6.11. The SMILES string of the molecule is COc1ccc2c(c1)c(C(=O)[C@@H](C)[NH+]1CCC(C(N)=O)CC1)c(C)n2C. The Morgan fingerprint density at radius 3 is 2.54 bits per heavy atom. The smallest absolute Gasteiger partial charge is 0.222 e. The molecular formula is C20H28N3O3+. The van der Waals surface area contributed by atoms with Crippen LogP contribution >= 0.6 is 0 Å². The zero-order valence-corrected chi connectivity index (χ0v) is 16.0. The van der Waals surface area contributed by atoms with Crippen molar-refractivity contribution in [1.29, 1.82) is 0 Å². The maximum absolute atomic E-state index is 13.3. The Morgan fingerprint density at radius 1 is 1.31 bits per heavy atom. The van der Waals surface area contributed by atoms with Crippen molar-refractivity contribution >= 4 is 22.6 Å². The molecular weight excluding hydrogens is 330 g/mol. The topological polar surface area (TPSA) is 78.8 Å². The second-order valence-electron chi connectivity index (χ2n) is 7.32. The van der Waals surface area contributed by atoms with Crippen molar-refractivity contribution in [2.75, 3.05) is 20.2 Å². The van der Waals surface area contributed by atoms with E-state index < -0.39 is 0 Å². The fraction of sp³-hybridized carbons (Fsp3) is 0.500. The van der Waals surface area contributed by atoms with Crippen LogP contribution in [0.5, 0.6) is 5.75 Å². The molecule has 0 aliphatic carbocycles. The largest absolute Gasteiger partial charge is 0.497 e. The molecule has 1 amide bonds. The number of amides is 1. The molecule has 0 unspecified atom stereocenters. The summed E-state index contributed by atoms with van der Waals surface area (Å²) >= 11 is 0. The number of ether oxygens (including phenoxy) is 1. The van der Waals surface area contributed by atoms with E-state index in [4.69, 9.17) is 10.5 Å². The van der Waals surface area contributed by atoms with E-state index in [1.54, 1.807) is 7.11 Å². The van der Waals surface area contributed by atoms with Gasteiger partial charge in [-0.3, -0.25) is 9.59 Å². The molecule has 0 spiro atoms. The van der Waals surface area contributed by atoms with Crippen LogP contribution in [0.3, 0.4) is 0 Å². The van der Waals surface area contributed by atoms with E-state index in [0.717, 1.165) is 53.8 Å². The first-order valence-electron chi connectivity index (χ1n) is 9.16. The molecule has 2 aromatic rings. The minimum atomic E-state index is -0.222. The van der Waals surface area contributed by atoms with Crippen molar-refractivity contribution in [2.45, 2.75) is 32.7 Å². The van der Waals surface area contributed by atoms with Crippen LogP contribution < -0.4 is 15.4 Å². The van der Waals surface area contributed by atoms with E-state index in [1.165, 1.54) is 4.90 Å². The third-order valence-electron chi connectivity index (χ3n) is 5.98. The molecule has 1 aromatic carbocycles. The van der Waals surface area contributed by atoms with Gasteiger partial charge in [0.15, 0.2) is 0 Å². The van der Waals surface area contributed by atoms with Gasteiger partial charge in [0, 0.05) is 42.4 Å². The standard InChI is InChI=1S/C20H27N3O3/c1-12-18(16-11-15(26-4)5-6-17(16)22(12)3)19(24)13(2)23-9-7-14(8-10-23)20(21)25/h5-6,11,13-14H,7-10H2,1-4H3,(H2,21,25)/p+1/t13-/m1/s1. The summed E-state index contributed by atoms with van der Waals surface area (Å²) in [5, 5.41) is 0.938. The zero-order valence-electron chi connectivity index (χ0n) is 16.0. The van der Waals surface area contributed by atoms with Crippen LogP contribution in [0.2, 0.25) is 0 Å². The van der Waals surface area contributed by atoms with Gasteiger partial charge in [-0.1, -0.05) is 0 Å². The number of aromatic nitrogens is 1. The Morgan fingerprint density at radius 2 is 1.96 bits per heavy atom. The first-order chi connectivity index (χ1) is 12.3. The highest BCUT2D eigenvalue weighted by Crippen LogP contribution is 2.29. The first-order valence-corrected chi connectivity index (χ1v) is 9.16. The second kappa shape index (κ2) is 7.11. The zero-order chi connectivity index (χ0) is 19.0. The number of carbonyl (C=O) groups excluding carboxylic acids is 2. The number of piperidine rings is 1. The van der Waals surface area contributed by atoms with Crippen molar-refractivity contribution in [2.24, 2.45) is 18.7 Å². The average molecular weight is 358 g/mol. The van der Waals surface area contributed by atoms with E-state index in [-0.39, 0.29) is 23.7 Å². The minimum Gasteiger partial charge on any atom is -0.497 e. The van der Waals surface area contributed by atoms with Gasteiger partial charge in [-0.25, -0.2) is 0 Å². The molecule has 3 rings (SSSR count). The summed E-state index contributed by atoms with van der Waals surface area (Å²) < 4.78 is 7.41. The lowest BCUT2D eigenvalue weighted by atomic mass is 9.93. The van der Waals surface area contributed by atoms with Gasteiger partial charge >= 0.3 is 0 Å². The lowest BCUT2D eigenvalue weighted by Gasteiger charge is -2.31. The number of nitrogens with zero attached hydrogens (tertiary/aromatic N) is 1. The number of methoxy groups -OCH3 is 1. The summed E-state index contributed by atoms with van der Waals surface area (Å²) in [5.74, 6) is 0.623. The maximum atomic E-state index is 13.3. The Hall–Kier alpha value is -2.34. The van der Waals surface area contributed by atoms with Crippen molar-refractivity contribution in [3.05, 3.63) is 29.5 Å². The third-order valence-corrected chi connectivity index (χ3v) is 5.98. The molecule has 6 heteroatoms. The number of nitrogens with one attached hydrogen (secondary N) is 1. The van der Waals surface area contributed by atoms with Crippen molar-refractivity contribution in [3.63, 3.8) is 0 Å².